The molecule has 0 saturated carbocycles. The molecule has 2 N–H and O–H groups in total. The maximum atomic E-state index is 6.09. The predicted molar refractivity (Wildman–Crippen MR) is 65.5 cm³/mol. The largest absolute Gasteiger partial charge is 0.368 e. The van der Waals surface area contributed by atoms with E-state index in [4.69, 9.17) is 17.3 Å². The van der Waals surface area contributed by atoms with Crippen molar-refractivity contribution in [3.8, 4) is 0 Å². The molecule has 1 aliphatic heterocycles. The molecule has 1 fully saturated rings. The Balaban J connectivity index is 2.14. The molecular weight excluding hydrogens is 224 g/mol. The normalized spacial score (nSPS) is 21.9. The summed E-state index contributed by atoms with van der Waals surface area (Å²) >= 11 is 6.09. The van der Waals surface area contributed by atoms with Crippen LogP contribution >= 0.6 is 11.6 Å². The van der Waals surface area contributed by atoms with Gasteiger partial charge >= 0.3 is 0 Å². The standard InChI is InChI=1S/C11H17ClN4/c1-7(2)16-4-3-8(6-16)9-5-14-11(13)15-10(9)12/h5,7-8H,3-4,6H2,1-2H3,(H2,13,14,15). The number of hydrogen-bond donors (Lipinski definition) is 1. The zero-order valence-electron chi connectivity index (χ0n) is 9.65. The number of nitrogens with two attached hydrogens (primary N) is 1. The van der Waals surface area contributed by atoms with E-state index in [0.717, 1.165) is 25.1 Å². The summed E-state index contributed by atoms with van der Waals surface area (Å²) in [6, 6.07) is 0.582. The lowest BCUT2D eigenvalue weighted by molar-refractivity contribution is 0.272. The zero-order valence-corrected chi connectivity index (χ0v) is 10.4. The second-order valence-electron chi connectivity index (χ2n) is 4.55. The Bertz CT molecular complexity index is 380. The van der Waals surface area contributed by atoms with Crippen LogP contribution in [0, 0.1) is 0 Å². The first kappa shape index (κ1) is 11.6. The number of halogens is 1. The molecule has 5 heteroatoms. The van der Waals surface area contributed by atoms with E-state index in [-0.39, 0.29) is 5.95 Å². The van der Waals surface area contributed by atoms with E-state index in [1.54, 1.807) is 6.20 Å². The van der Waals surface area contributed by atoms with Gasteiger partial charge in [0.1, 0.15) is 5.15 Å². The van der Waals surface area contributed by atoms with Gasteiger partial charge < -0.3 is 10.6 Å². The van der Waals surface area contributed by atoms with Crippen LogP contribution in [0.5, 0.6) is 0 Å². The molecule has 0 amide bonds. The first-order chi connectivity index (χ1) is 7.58. The van der Waals surface area contributed by atoms with Gasteiger partial charge in [-0.05, 0) is 26.8 Å². The van der Waals surface area contributed by atoms with E-state index in [9.17, 15) is 0 Å². The topological polar surface area (TPSA) is 55.0 Å². The molecule has 0 radical (unpaired) electrons. The summed E-state index contributed by atoms with van der Waals surface area (Å²) in [5.41, 5.74) is 6.51. The highest BCUT2D eigenvalue weighted by Gasteiger charge is 2.27. The van der Waals surface area contributed by atoms with Gasteiger partial charge in [0, 0.05) is 30.3 Å². The van der Waals surface area contributed by atoms with Crippen molar-refractivity contribution >= 4 is 17.5 Å². The second-order valence-corrected chi connectivity index (χ2v) is 4.91. The third-order valence-corrected chi connectivity index (χ3v) is 3.48. The quantitative estimate of drug-likeness (QED) is 0.803. The average Bonchev–Trinajstić information content (AvgIpc) is 2.66. The molecule has 1 atom stereocenters. The lowest BCUT2D eigenvalue weighted by atomic mass is 10.0. The minimum Gasteiger partial charge on any atom is -0.368 e. The number of anilines is 1. The van der Waals surface area contributed by atoms with E-state index in [0.29, 0.717) is 17.1 Å². The van der Waals surface area contributed by atoms with Gasteiger partial charge in [-0.25, -0.2) is 9.97 Å². The molecule has 0 aliphatic carbocycles. The Morgan fingerprint density at radius 3 is 2.88 bits per heavy atom. The van der Waals surface area contributed by atoms with Gasteiger partial charge in [0.2, 0.25) is 5.95 Å². The molecule has 1 saturated heterocycles. The SMILES string of the molecule is CC(C)N1CCC(c2cnc(N)nc2Cl)C1. The molecular formula is C11H17ClN4. The van der Waals surface area contributed by atoms with Crippen molar-refractivity contribution in [3.63, 3.8) is 0 Å². The molecule has 88 valence electrons. The van der Waals surface area contributed by atoms with Crippen LogP contribution in [-0.2, 0) is 0 Å². The van der Waals surface area contributed by atoms with Crippen LogP contribution in [0.3, 0.4) is 0 Å². The monoisotopic (exact) mass is 240 g/mol. The van der Waals surface area contributed by atoms with Crippen molar-refractivity contribution in [2.75, 3.05) is 18.8 Å². The third-order valence-electron chi connectivity index (χ3n) is 3.18. The molecule has 1 aromatic rings. The van der Waals surface area contributed by atoms with E-state index in [2.05, 4.69) is 28.7 Å². The van der Waals surface area contributed by atoms with Crippen LogP contribution in [0.15, 0.2) is 6.20 Å². The fourth-order valence-electron chi connectivity index (χ4n) is 2.17. The fraction of sp³-hybridized carbons (Fsp3) is 0.636. The maximum absolute atomic E-state index is 6.09. The first-order valence-corrected chi connectivity index (χ1v) is 5.97. The van der Waals surface area contributed by atoms with Gasteiger partial charge in [-0.15, -0.1) is 0 Å². The molecule has 2 rings (SSSR count). The van der Waals surface area contributed by atoms with E-state index in [1.807, 2.05) is 0 Å². The van der Waals surface area contributed by atoms with Crippen LogP contribution in [0.1, 0.15) is 31.7 Å². The molecule has 16 heavy (non-hydrogen) atoms. The second kappa shape index (κ2) is 4.55. The molecule has 4 nitrogen and oxygen atoms in total. The summed E-state index contributed by atoms with van der Waals surface area (Å²) in [5.74, 6) is 0.683. The molecule has 1 aliphatic rings. The van der Waals surface area contributed by atoms with Crippen LogP contribution in [0.2, 0.25) is 5.15 Å². The number of rotatable bonds is 2. The molecule has 0 spiro atoms. The lowest BCUT2D eigenvalue weighted by Gasteiger charge is -2.20. The molecule has 0 bridgehead atoms. The minimum atomic E-state index is 0.243. The van der Waals surface area contributed by atoms with E-state index >= 15 is 0 Å². The van der Waals surface area contributed by atoms with Crippen LogP contribution in [0.25, 0.3) is 0 Å². The summed E-state index contributed by atoms with van der Waals surface area (Å²) in [6.45, 7) is 6.57. The van der Waals surface area contributed by atoms with E-state index in [1.165, 1.54) is 0 Å². The average molecular weight is 241 g/mol. The van der Waals surface area contributed by atoms with Crippen LogP contribution in [-0.4, -0.2) is 34.0 Å². The highest BCUT2D eigenvalue weighted by Crippen LogP contribution is 2.31. The molecule has 2 heterocycles. The van der Waals surface area contributed by atoms with E-state index < -0.39 is 0 Å². The van der Waals surface area contributed by atoms with Crippen molar-refractivity contribution in [2.45, 2.75) is 32.2 Å². The van der Waals surface area contributed by atoms with Gasteiger partial charge in [0.15, 0.2) is 0 Å². The smallest absolute Gasteiger partial charge is 0.221 e. The van der Waals surface area contributed by atoms with Gasteiger partial charge in [-0.2, -0.15) is 0 Å². The van der Waals surface area contributed by atoms with Crippen molar-refractivity contribution in [1.29, 1.82) is 0 Å². The van der Waals surface area contributed by atoms with Crippen LogP contribution < -0.4 is 5.73 Å². The summed E-state index contributed by atoms with van der Waals surface area (Å²) in [7, 11) is 0. The van der Waals surface area contributed by atoms with Crippen molar-refractivity contribution in [2.24, 2.45) is 0 Å². The number of aromatic nitrogens is 2. The van der Waals surface area contributed by atoms with Crippen molar-refractivity contribution in [1.82, 2.24) is 14.9 Å². The zero-order chi connectivity index (χ0) is 11.7. The summed E-state index contributed by atoms with van der Waals surface area (Å²) in [5, 5.41) is 0.503. The van der Waals surface area contributed by atoms with Crippen molar-refractivity contribution < 1.29 is 0 Å². The summed E-state index contributed by atoms with van der Waals surface area (Å²) in [6.07, 6.45) is 2.88. The van der Waals surface area contributed by atoms with Crippen molar-refractivity contribution in [3.05, 3.63) is 16.9 Å². The summed E-state index contributed by atoms with van der Waals surface area (Å²) in [4.78, 5) is 10.5. The molecule has 1 unspecified atom stereocenters. The maximum Gasteiger partial charge on any atom is 0.221 e. The fourth-order valence-corrected chi connectivity index (χ4v) is 2.46. The van der Waals surface area contributed by atoms with Gasteiger partial charge in [-0.1, -0.05) is 11.6 Å². The molecule has 0 aromatic carbocycles. The Hall–Kier alpha value is -0.870. The Labute approximate surface area is 101 Å². The number of likely N-dealkylation sites (tertiary alicyclic amines) is 1. The lowest BCUT2D eigenvalue weighted by Crippen LogP contribution is -2.27. The first-order valence-electron chi connectivity index (χ1n) is 5.60. The third kappa shape index (κ3) is 2.28. The van der Waals surface area contributed by atoms with Crippen LogP contribution in [0.4, 0.5) is 5.95 Å². The highest BCUT2D eigenvalue weighted by molar-refractivity contribution is 6.30. The van der Waals surface area contributed by atoms with Gasteiger partial charge in [0.05, 0.1) is 0 Å². The molecule has 1 aromatic heterocycles. The highest BCUT2D eigenvalue weighted by atomic mass is 35.5. The number of nitrogen functional groups attached to an aromatic ring is 1. The minimum absolute atomic E-state index is 0.243. The number of hydrogen-bond acceptors (Lipinski definition) is 4. The summed E-state index contributed by atoms with van der Waals surface area (Å²) < 4.78 is 0. The number of nitrogens with zero attached hydrogens (tertiary/aromatic N) is 3. The Morgan fingerprint density at radius 1 is 1.56 bits per heavy atom. The predicted octanol–water partition coefficient (Wildman–Crippen LogP) is 1.91. The van der Waals surface area contributed by atoms with Gasteiger partial charge in [-0.3, -0.25) is 0 Å². The Morgan fingerprint density at radius 2 is 2.31 bits per heavy atom. The van der Waals surface area contributed by atoms with Gasteiger partial charge in [0.25, 0.3) is 0 Å². The Kier molecular flexibility index (Phi) is 3.30.